The first-order chi connectivity index (χ1) is 9.31. The molecule has 7 heteroatoms. The monoisotopic (exact) mass is 288 g/mol. The molecule has 0 aliphatic carbocycles. The van der Waals surface area contributed by atoms with E-state index < -0.39 is 24.0 Å². The van der Waals surface area contributed by atoms with Gasteiger partial charge in [-0.25, -0.2) is 4.79 Å². The van der Waals surface area contributed by atoms with Crippen LogP contribution in [0.4, 0.5) is 4.79 Å². The molecule has 0 aromatic rings. The maximum Gasteiger partial charge on any atom is 0.325 e. The summed E-state index contributed by atoms with van der Waals surface area (Å²) in [6.07, 6.45) is 0.539. The maximum atomic E-state index is 12.1. The summed E-state index contributed by atoms with van der Waals surface area (Å²) in [5.41, 5.74) is 0. The number of aliphatic carboxylic acids is 1. The van der Waals surface area contributed by atoms with E-state index in [2.05, 4.69) is 10.1 Å². The number of rotatable bonds is 8. The Morgan fingerprint density at radius 3 is 2.30 bits per heavy atom. The van der Waals surface area contributed by atoms with Gasteiger partial charge in [0.1, 0.15) is 6.54 Å². The van der Waals surface area contributed by atoms with Gasteiger partial charge < -0.3 is 20.1 Å². The van der Waals surface area contributed by atoms with Crippen molar-refractivity contribution >= 4 is 18.0 Å². The van der Waals surface area contributed by atoms with Crippen LogP contribution in [-0.2, 0) is 14.3 Å². The van der Waals surface area contributed by atoms with Crippen LogP contribution >= 0.6 is 0 Å². The Morgan fingerprint density at radius 2 is 1.90 bits per heavy atom. The minimum absolute atomic E-state index is 0.0170. The highest BCUT2D eigenvalue weighted by molar-refractivity contribution is 5.81. The number of carbonyl (C=O) groups is 3. The molecule has 0 rings (SSSR count). The van der Waals surface area contributed by atoms with Crippen molar-refractivity contribution in [2.75, 3.05) is 20.2 Å². The van der Waals surface area contributed by atoms with Crippen molar-refractivity contribution in [3.8, 4) is 0 Å². The quantitative estimate of drug-likeness (QED) is 0.652. The van der Waals surface area contributed by atoms with E-state index in [1.165, 1.54) is 12.0 Å². The first-order valence-electron chi connectivity index (χ1n) is 6.65. The number of methoxy groups -OCH3 is 1. The van der Waals surface area contributed by atoms with E-state index in [0.29, 0.717) is 13.0 Å². The average Bonchev–Trinajstić information content (AvgIpc) is 2.36. The lowest BCUT2D eigenvalue weighted by Gasteiger charge is -2.26. The number of nitrogens with zero attached hydrogens (tertiary/aromatic N) is 1. The van der Waals surface area contributed by atoms with Gasteiger partial charge in [0.05, 0.1) is 13.5 Å². The molecule has 1 unspecified atom stereocenters. The molecule has 116 valence electrons. The van der Waals surface area contributed by atoms with Gasteiger partial charge in [-0.3, -0.25) is 9.59 Å². The number of ether oxygens (including phenoxy) is 1. The van der Waals surface area contributed by atoms with Crippen LogP contribution in [0.25, 0.3) is 0 Å². The predicted molar refractivity (Wildman–Crippen MR) is 73.3 cm³/mol. The second-order valence-electron chi connectivity index (χ2n) is 4.90. The molecule has 0 aliphatic rings. The standard InChI is InChI=1S/C13H24N2O5/c1-5-6-15(8-12(18)20-4)13(19)14-10(9(2)3)7-11(16)17/h9-10H,5-8H2,1-4H3,(H,14,19)(H,16,17). The molecule has 0 aliphatic heterocycles. The number of esters is 1. The summed E-state index contributed by atoms with van der Waals surface area (Å²) >= 11 is 0. The Kier molecular flexibility index (Phi) is 8.35. The lowest BCUT2D eigenvalue weighted by atomic mass is 10.0. The smallest absolute Gasteiger partial charge is 0.325 e. The van der Waals surface area contributed by atoms with Gasteiger partial charge in [0.15, 0.2) is 0 Å². The Morgan fingerprint density at radius 1 is 1.30 bits per heavy atom. The molecule has 0 spiro atoms. The van der Waals surface area contributed by atoms with E-state index in [0.717, 1.165) is 0 Å². The fourth-order valence-corrected chi connectivity index (χ4v) is 1.63. The van der Waals surface area contributed by atoms with E-state index in [1.54, 1.807) is 0 Å². The van der Waals surface area contributed by atoms with Crippen molar-refractivity contribution < 1.29 is 24.2 Å². The van der Waals surface area contributed by atoms with E-state index in [4.69, 9.17) is 5.11 Å². The van der Waals surface area contributed by atoms with Crippen LogP contribution in [0.1, 0.15) is 33.6 Å². The molecule has 0 heterocycles. The highest BCUT2D eigenvalue weighted by Crippen LogP contribution is 2.07. The fraction of sp³-hybridized carbons (Fsp3) is 0.769. The number of urea groups is 1. The van der Waals surface area contributed by atoms with Crippen molar-refractivity contribution in [3.63, 3.8) is 0 Å². The van der Waals surface area contributed by atoms with Gasteiger partial charge in [-0.2, -0.15) is 0 Å². The zero-order valence-electron chi connectivity index (χ0n) is 12.5. The molecule has 2 N–H and O–H groups in total. The molecule has 0 saturated carbocycles. The summed E-state index contributed by atoms with van der Waals surface area (Å²) < 4.78 is 4.54. The summed E-state index contributed by atoms with van der Waals surface area (Å²) in [5.74, 6) is -1.50. The summed E-state index contributed by atoms with van der Waals surface area (Å²) in [6.45, 7) is 5.80. The topological polar surface area (TPSA) is 95.9 Å². The van der Waals surface area contributed by atoms with Gasteiger partial charge >= 0.3 is 18.0 Å². The minimum atomic E-state index is -0.973. The van der Waals surface area contributed by atoms with Gasteiger partial charge in [-0.1, -0.05) is 20.8 Å². The maximum absolute atomic E-state index is 12.1. The van der Waals surface area contributed by atoms with E-state index in [-0.39, 0.29) is 18.9 Å². The molecule has 0 fully saturated rings. The average molecular weight is 288 g/mol. The summed E-state index contributed by atoms with van der Waals surface area (Å²) in [4.78, 5) is 35.5. The number of hydrogen-bond donors (Lipinski definition) is 2. The van der Waals surface area contributed by atoms with Crippen LogP contribution in [0.2, 0.25) is 0 Å². The minimum Gasteiger partial charge on any atom is -0.481 e. The van der Waals surface area contributed by atoms with Crippen LogP contribution in [-0.4, -0.2) is 54.2 Å². The third-order valence-electron chi connectivity index (χ3n) is 2.84. The second kappa shape index (κ2) is 9.17. The lowest BCUT2D eigenvalue weighted by molar-refractivity contribution is -0.141. The Bertz CT molecular complexity index is 344. The summed E-state index contributed by atoms with van der Waals surface area (Å²) in [7, 11) is 1.26. The molecule has 1 atom stereocenters. The first-order valence-corrected chi connectivity index (χ1v) is 6.65. The van der Waals surface area contributed by atoms with Crippen molar-refractivity contribution in [2.24, 2.45) is 5.92 Å². The van der Waals surface area contributed by atoms with Crippen molar-refractivity contribution in [2.45, 2.75) is 39.7 Å². The van der Waals surface area contributed by atoms with Crippen LogP contribution in [0, 0.1) is 5.92 Å². The van der Waals surface area contributed by atoms with Crippen LogP contribution in [0.15, 0.2) is 0 Å². The zero-order valence-corrected chi connectivity index (χ0v) is 12.5. The molecule has 0 bridgehead atoms. The molecular formula is C13H24N2O5. The zero-order chi connectivity index (χ0) is 15.7. The Hall–Kier alpha value is -1.79. The molecule has 2 amide bonds. The third-order valence-corrected chi connectivity index (χ3v) is 2.84. The van der Waals surface area contributed by atoms with Gasteiger partial charge in [-0.05, 0) is 12.3 Å². The third kappa shape index (κ3) is 6.96. The van der Waals surface area contributed by atoms with Gasteiger partial charge in [0.25, 0.3) is 0 Å². The van der Waals surface area contributed by atoms with Crippen molar-refractivity contribution in [3.05, 3.63) is 0 Å². The number of amides is 2. The van der Waals surface area contributed by atoms with E-state index in [9.17, 15) is 14.4 Å². The number of carboxylic acids is 1. The molecule has 20 heavy (non-hydrogen) atoms. The summed E-state index contributed by atoms with van der Waals surface area (Å²) in [5, 5.41) is 11.5. The number of carbonyl (C=O) groups excluding carboxylic acids is 2. The number of carboxylic acid groups (broad SMARTS) is 1. The Balaban J connectivity index is 4.69. The first kappa shape index (κ1) is 18.2. The van der Waals surface area contributed by atoms with Gasteiger partial charge in [-0.15, -0.1) is 0 Å². The Labute approximate surface area is 119 Å². The van der Waals surface area contributed by atoms with Crippen LogP contribution < -0.4 is 5.32 Å². The van der Waals surface area contributed by atoms with Gasteiger partial charge in [0, 0.05) is 12.6 Å². The molecule has 7 nitrogen and oxygen atoms in total. The molecule has 0 aromatic heterocycles. The second-order valence-corrected chi connectivity index (χ2v) is 4.90. The summed E-state index contributed by atoms with van der Waals surface area (Å²) in [6, 6.07) is -0.922. The molecule has 0 saturated heterocycles. The predicted octanol–water partition coefficient (Wildman–Crippen LogP) is 1.08. The number of nitrogens with one attached hydrogen (secondary N) is 1. The molecule has 0 aromatic carbocycles. The SMILES string of the molecule is CCCN(CC(=O)OC)C(=O)NC(CC(=O)O)C(C)C. The van der Waals surface area contributed by atoms with Crippen molar-refractivity contribution in [1.29, 1.82) is 0 Å². The normalized spacial score (nSPS) is 11.8. The van der Waals surface area contributed by atoms with E-state index >= 15 is 0 Å². The highest BCUT2D eigenvalue weighted by Gasteiger charge is 2.23. The fourth-order valence-electron chi connectivity index (χ4n) is 1.63. The van der Waals surface area contributed by atoms with E-state index in [1.807, 2.05) is 20.8 Å². The largest absolute Gasteiger partial charge is 0.481 e. The van der Waals surface area contributed by atoms with Crippen LogP contribution in [0.3, 0.4) is 0 Å². The van der Waals surface area contributed by atoms with Gasteiger partial charge in [0.2, 0.25) is 0 Å². The van der Waals surface area contributed by atoms with Crippen molar-refractivity contribution in [1.82, 2.24) is 10.2 Å². The van der Waals surface area contributed by atoms with Crippen LogP contribution in [0.5, 0.6) is 0 Å². The highest BCUT2D eigenvalue weighted by atomic mass is 16.5. The number of hydrogen-bond acceptors (Lipinski definition) is 4. The molecule has 0 radical (unpaired) electrons. The molecular weight excluding hydrogens is 264 g/mol. The lowest BCUT2D eigenvalue weighted by Crippen LogP contribution is -2.49.